The number of rotatable bonds is 5. The zero-order valence-electron chi connectivity index (χ0n) is 12.7. The summed E-state index contributed by atoms with van der Waals surface area (Å²) in [6, 6.07) is 4.10. The van der Waals surface area contributed by atoms with E-state index in [4.69, 9.17) is 39.5 Å². The lowest BCUT2D eigenvalue weighted by molar-refractivity contribution is 0.0485. The smallest absolute Gasteiger partial charge is 0.338 e. The van der Waals surface area contributed by atoms with Gasteiger partial charge in [0.25, 0.3) is 0 Å². The van der Waals surface area contributed by atoms with Crippen LogP contribution in [0.4, 0.5) is 0 Å². The molecule has 1 aromatic rings. The Kier molecular flexibility index (Phi) is 5.06. The molecule has 2 fully saturated rings. The van der Waals surface area contributed by atoms with Crippen LogP contribution in [-0.4, -0.2) is 42.7 Å². The number of benzene rings is 1. The van der Waals surface area contributed by atoms with Gasteiger partial charge in [-0.1, -0.05) is 11.6 Å². The van der Waals surface area contributed by atoms with Crippen molar-refractivity contribution >= 4 is 50.8 Å². The van der Waals surface area contributed by atoms with Gasteiger partial charge < -0.3 is 4.74 Å². The van der Waals surface area contributed by atoms with Crippen molar-refractivity contribution in [1.29, 1.82) is 0 Å². The molecular weight excluding hydrogens is 397 g/mol. The van der Waals surface area contributed by atoms with Crippen LogP contribution in [0.1, 0.15) is 29.6 Å². The topological polar surface area (TPSA) is 63.7 Å². The number of hydrogen-bond donors (Lipinski definition) is 0. The quantitative estimate of drug-likeness (QED) is 0.549. The Balaban J connectivity index is 1.77. The van der Waals surface area contributed by atoms with Crippen molar-refractivity contribution < 1.29 is 17.9 Å². The largest absolute Gasteiger partial charge is 0.462 e. The van der Waals surface area contributed by atoms with E-state index in [0.29, 0.717) is 19.5 Å². The number of ether oxygens (including phenoxy) is 1. The van der Waals surface area contributed by atoms with Crippen molar-refractivity contribution in [1.82, 2.24) is 4.31 Å². The van der Waals surface area contributed by atoms with E-state index >= 15 is 0 Å². The third-order valence-electron chi connectivity index (χ3n) is 4.22. The second kappa shape index (κ2) is 6.65. The van der Waals surface area contributed by atoms with Crippen LogP contribution in [0.2, 0.25) is 5.02 Å². The van der Waals surface area contributed by atoms with Gasteiger partial charge in [0.15, 0.2) is 0 Å². The van der Waals surface area contributed by atoms with Gasteiger partial charge in [-0.25, -0.2) is 13.2 Å². The molecule has 1 saturated heterocycles. The summed E-state index contributed by atoms with van der Waals surface area (Å²) in [5.41, 5.74) is 0.132. The van der Waals surface area contributed by atoms with E-state index in [1.165, 1.54) is 22.5 Å². The van der Waals surface area contributed by atoms with Crippen LogP contribution >= 0.6 is 34.8 Å². The van der Waals surface area contributed by atoms with Gasteiger partial charge in [-0.2, -0.15) is 4.31 Å². The van der Waals surface area contributed by atoms with Crippen LogP contribution in [0.25, 0.3) is 0 Å². The highest BCUT2D eigenvalue weighted by molar-refractivity contribution is 7.89. The summed E-state index contributed by atoms with van der Waals surface area (Å²) in [4.78, 5) is 12.1. The van der Waals surface area contributed by atoms with E-state index in [-0.39, 0.29) is 28.0 Å². The summed E-state index contributed by atoms with van der Waals surface area (Å²) in [6.07, 6.45) is 2.20. The van der Waals surface area contributed by atoms with Crippen molar-refractivity contribution in [2.24, 2.45) is 5.92 Å². The van der Waals surface area contributed by atoms with Crippen LogP contribution in [0.5, 0.6) is 0 Å². The lowest BCUT2D eigenvalue weighted by Gasteiger charge is -2.17. The first-order valence-corrected chi connectivity index (χ1v) is 10.1. The van der Waals surface area contributed by atoms with E-state index in [9.17, 15) is 13.2 Å². The van der Waals surface area contributed by atoms with Crippen molar-refractivity contribution in [2.45, 2.75) is 28.5 Å². The fraction of sp³-hybridized carbons (Fsp3) is 0.533. The highest BCUT2D eigenvalue weighted by Gasteiger charge is 2.52. The Hall–Kier alpha value is -0.530. The first-order valence-electron chi connectivity index (χ1n) is 7.56. The molecule has 0 bridgehead atoms. The van der Waals surface area contributed by atoms with Crippen molar-refractivity contribution in [3.05, 3.63) is 28.8 Å². The molecule has 9 heteroatoms. The van der Waals surface area contributed by atoms with Gasteiger partial charge in [0.2, 0.25) is 10.0 Å². The fourth-order valence-corrected chi connectivity index (χ4v) is 5.12. The monoisotopic (exact) mass is 411 g/mol. The minimum absolute atomic E-state index is 0.0732. The molecule has 0 spiro atoms. The normalized spacial score (nSPS) is 23.2. The standard InChI is InChI=1S/C15H16Cl3NO4S/c16-12-4-3-10(14(20)23-9-11-8-15(11,17)18)7-13(12)24(21,22)19-5-1-2-6-19/h3-4,7,11H,1-2,5-6,8-9H2/t11-/m0/s1. The molecule has 5 nitrogen and oxygen atoms in total. The average Bonchev–Trinajstić information content (AvgIpc) is 2.94. The highest BCUT2D eigenvalue weighted by Crippen LogP contribution is 2.53. The van der Waals surface area contributed by atoms with Crippen LogP contribution in [-0.2, 0) is 14.8 Å². The highest BCUT2D eigenvalue weighted by atomic mass is 35.5. The molecule has 1 heterocycles. The van der Waals surface area contributed by atoms with E-state index < -0.39 is 20.3 Å². The van der Waals surface area contributed by atoms with Crippen LogP contribution in [0.3, 0.4) is 0 Å². The first kappa shape index (κ1) is 18.3. The van der Waals surface area contributed by atoms with Crippen molar-refractivity contribution in [3.63, 3.8) is 0 Å². The van der Waals surface area contributed by atoms with Gasteiger partial charge >= 0.3 is 5.97 Å². The molecule has 24 heavy (non-hydrogen) atoms. The Labute approximate surface area is 155 Å². The van der Waals surface area contributed by atoms with Crippen molar-refractivity contribution in [3.8, 4) is 0 Å². The second-order valence-electron chi connectivity index (χ2n) is 6.02. The fourth-order valence-electron chi connectivity index (χ4n) is 2.61. The summed E-state index contributed by atoms with van der Waals surface area (Å²) >= 11 is 17.8. The zero-order valence-corrected chi connectivity index (χ0v) is 15.8. The molecule has 0 aromatic heterocycles. The number of carbonyl (C=O) groups excluding carboxylic acids is 1. The molecular formula is C15H16Cl3NO4S. The molecule has 3 rings (SSSR count). The molecule has 1 atom stereocenters. The molecule has 0 N–H and O–H groups in total. The number of hydrogen-bond acceptors (Lipinski definition) is 4. The summed E-state index contributed by atoms with van der Waals surface area (Å²) < 4.78 is 31.0. The Morgan fingerprint density at radius 3 is 2.50 bits per heavy atom. The van der Waals surface area contributed by atoms with Gasteiger partial charge in [-0.15, -0.1) is 23.2 Å². The molecule has 1 aliphatic carbocycles. The lowest BCUT2D eigenvalue weighted by atomic mass is 10.2. The Bertz CT molecular complexity index is 760. The van der Waals surface area contributed by atoms with Crippen LogP contribution in [0.15, 0.2) is 23.1 Å². The molecule has 132 valence electrons. The van der Waals surface area contributed by atoms with Gasteiger partial charge in [0, 0.05) is 19.0 Å². The van der Waals surface area contributed by atoms with E-state index in [1.807, 2.05) is 0 Å². The Morgan fingerprint density at radius 1 is 1.29 bits per heavy atom. The number of nitrogens with zero attached hydrogens (tertiary/aromatic N) is 1. The maximum atomic E-state index is 12.6. The average molecular weight is 413 g/mol. The van der Waals surface area contributed by atoms with E-state index in [2.05, 4.69) is 0 Å². The summed E-state index contributed by atoms with van der Waals surface area (Å²) in [5, 5.41) is 0.0844. The van der Waals surface area contributed by atoms with Crippen LogP contribution in [0, 0.1) is 5.92 Å². The number of alkyl halides is 2. The number of carbonyl (C=O) groups is 1. The lowest BCUT2D eigenvalue weighted by Crippen LogP contribution is -2.28. The zero-order chi connectivity index (χ0) is 17.5. The van der Waals surface area contributed by atoms with Gasteiger partial charge in [0.05, 0.1) is 17.2 Å². The molecule has 1 aromatic carbocycles. The predicted octanol–water partition coefficient (Wildman–Crippen LogP) is 3.48. The number of halogens is 3. The van der Waals surface area contributed by atoms with E-state index in [1.54, 1.807) is 0 Å². The minimum atomic E-state index is -3.71. The third-order valence-corrected chi connectivity index (χ3v) is 7.53. The van der Waals surface area contributed by atoms with Gasteiger partial charge in [-0.3, -0.25) is 0 Å². The van der Waals surface area contributed by atoms with Crippen LogP contribution < -0.4 is 0 Å². The van der Waals surface area contributed by atoms with Gasteiger partial charge in [0.1, 0.15) is 9.23 Å². The SMILES string of the molecule is O=C(OC[C@@H]1CC1(Cl)Cl)c1ccc(Cl)c(S(=O)(=O)N2CCCC2)c1. The molecule has 1 aliphatic heterocycles. The third kappa shape index (κ3) is 3.68. The first-order chi connectivity index (χ1) is 11.2. The summed E-state index contributed by atoms with van der Waals surface area (Å²) in [5.74, 6) is -0.717. The maximum Gasteiger partial charge on any atom is 0.338 e. The molecule has 0 unspecified atom stereocenters. The van der Waals surface area contributed by atoms with E-state index in [0.717, 1.165) is 12.8 Å². The second-order valence-corrected chi connectivity index (χ2v) is 9.87. The summed E-state index contributed by atoms with van der Waals surface area (Å²) in [6.45, 7) is 1.02. The van der Waals surface area contributed by atoms with Gasteiger partial charge in [-0.05, 0) is 37.5 Å². The molecule has 0 radical (unpaired) electrons. The predicted molar refractivity (Wildman–Crippen MR) is 92.3 cm³/mol. The minimum Gasteiger partial charge on any atom is -0.462 e. The molecule has 1 saturated carbocycles. The number of sulfonamides is 1. The molecule has 0 amide bonds. The Morgan fingerprint density at radius 2 is 1.92 bits per heavy atom. The number of esters is 1. The molecule has 2 aliphatic rings. The summed E-state index contributed by atoms with van der Waals surface area (Å²) in [7, 11) is -3.71. The van der Waals surface area contributed by atoms with Crippen molar-refractivity contribution in [2.75, 3.05) is 19.7 Å². The maximum absolute atomic E-state index is 12.6.